The Kier molecular flexibility index (Phi) is 4.52. The normalized spacial score (nSPS) is 10.3. The Hall–Kier alpha value is -2.15. The second-order valence-electron chi connectivity index (χ2n) is 4.22. The smallest absolute Gasteiger partial charge is 0.265 e. The van der Waals surface area contributed by atoms with E-state index in [9.17, 15) is 4.79 Å². The van der Waals surface area contributed by atoms with Gasteiger partial charge >= 0.3 is 0 Å². The van der Waals surface area contributed by atoms with E-state index < -0.39 is 0 Å². The summed E-state index contributed by atoms with van der Waals surface area (Å²) in [6, 6.07) is 5.69. The van der Waals surface area contributed by atoms with Crippen molar-refractivity contribution in [1.29, 1.82) is 0 Å². The van der Waals surface area contributed by atoms with Crippen LogP contribution in [0, 0.1) is 6.92 Å². The number of anilines is 2. The predicted octanol–water partition coefficient (Wildman–Crippen LogP) is 1.79. The number of rotatable bonds is 5. The average molecular weight is 291 g/mol. The molecule has 0 saturated heterocycles. The molecule has 0 aliphatic carbocycles. The van der Waals surface area contributed by atoms with E-state index in [2.05, 4.69) is 20.6 Å². The number of hydrogen-bond donors (Lipinski definition) is 3. The number of aromatic nitrogens is 2. The zero-order valence-electron chi connectivity index (χ0n) is 11.4. The van der Waals surface area contributed by atoms with Crippen LogP contribution in [0.25, 0.3) is 0 Å². The number of nitrogens with one attached hydrogen (secondary N) is 2. The third-order valence-electron chi connectivity index (χ3n) is 2.56. The lowest BCUT2D eigenvalue weighted by Crippen LogP contribution is -2.23. The molecule has 0 aliphatic rings. The number of nitrogen functional groups attached to an aromatic ring is 1. The molecule has 0 unspecified atom stereocenters. The van der Waals surface area contributed by atoms with Crippen molar-refractivity contribution in [2.24, 2.45) is 0 Å². The predicted molar refractivity (Wildman–Crippen MR) is 80.8 cm³/mol. The Bertz CT molecular complexity index is 611. The van der Waals surface area contributed by atoms with Crippen LogP contribution in [0.4, 0.5) is 10.9 Å². The van der Waals surface area contributed by atoms with E-state index in [1.54, 1.807) is 0 Å². The van der Waals surface area contributed by atoms with Gasteiger partial charge in [0.1, 0.15) is 10.7 Å². The zero-order chi connectivity index (χ0) is 14.5. The minimum absolute atomic E-state index is 0.229. The fourth-order valence-electron chi connectivity index (χ4n) is 1.67. The van der Waals surface area contributed by atoms with E-state index in [0.717, 1.165) is 17.9 Å². The Morgan fingerprint density at radius 3 is 2.90 bits per heavy atom. The minimum Gasteiger partial charge on any atom is -0.382 e. The van der Waals surface area contributed by atoms with Crippen molar-refractivity contribution in [3.63, 3.8) is 0 Å². The average Bonchev–Trinajstić information content (AvgIpc) is 2.78. The second-order valence-corrected chi connectivity index (χ2v) is 5.22. The Morgan fingerprint density at radius 2 is 2.20 bits per heavy atom. The summed E-state index contributed by atoms with van der Waals surface area (Å²) >= 11 is 1.25. The SMILES string of the molecule is CCNc1nc(N)c(C(=O)NCc2cccc(C)n2)s1. The number of pyridine rings is 1. The topological polar surface area (TPSA) is 92.9 Å². The maximum atomic E-state index is 12.1. The first-order valence-electron chi connectivity index (χ1n) is 6.31. The van der Waals surface area contributed by atoms with Crippen LogP contribution in [0.15, 0.2) is 18.2 Å². The third-order valence-corrected chi connectivity index (χ3v) is 3.59. The van der Waals surface area contributed by atoms with Crippen LogP contribution in [-0.4, -0.2) is 22.4 Å². The fourth-order valence-corrected chi connectivity index (χ4v) is 2.54. The summed E-state index contributed by atoms with van der Waals surface area (Å²) in [6.45, 7) is 4.98. The lowest BCUT2D eigenvalue weighted by Gasteiger charge is -2.04. The molecule has 0 spiro atoms. The van der Waals surface area contributed by atoms with Gasteiger partial charge in [0.25, 0.3) is 5.91 Å². The largest absolute Gasteiger partial charge is 0.382 e. The van der Waals surface area contributed by atoms with Crippen LogP contribution < -0.4 is 16.4 Å². The molecule has 106 valence electrons. The van der Waals surface area contributed by atoms with Gasteiger partial charge in [-0.05, 0) is 26.0 Å². The first-order chi connectivity index (χ1) is 9.60. The second kappa shape index (κ2) is 6.33. The standard InChI is InChI=1S/C13H17N5OS/c1-3-15-13-18-11(14)10(20-13)12(19)16-7-9-6-4-5-8(2)17-9/h4-6H,3,7,14H2,1-2H3,(H,15,18)(H,16,19). The first-order valence-corrected chi connectivity index (χ1v) is 7.12. The van der Waals surface area contributed by atoms with E-state index in [4.69, 9.17) is 5.73 Å². The van der Waals surface area contributed by atoms with Crippen LogP contribution in [0.2, 0.25) is 0 Å². The molecule has 0 aliphatic heterocycles. The van der Waals surface area contributed by atoms with Gasteiger partial charge in [-0.1, -0.05) is 17.4 Å². The molecular weight excluding hydrogens is 274 g/mol. The lowest BCUT2D eigenvalue weighted by molar-refractivity contribution is 0.0955. The third kappa shape index (κ3) is 3.45. The number of aryl methyl sites for hydroxylation is 1. The molecule has 0 bridgehead atoms. The highest BCUT2D eigenvalue weighted by Crippen LogP contribution is 2.24. The quantitative estimate of drug-likeness (QED) is 0.781. The first kappa shape index (κ1) is 14.3. The van der Waals surface area contributed by atoms with Gasteiger partial charge in [0.05, 0.1) is 12.2 Å². The molecule has 6 nitrogen and oxygen atoms in total. The van der Waals surface area contributed by atoms with Gasteiger partial charge in [0.2, 0.25) is 0 Å². The van der Waals surface area contributed by atoms with Crippen molar-refractivity contribution < 1.29 is 4.79 Å². The van der Waals surface area contributed by atoms with Crippen molar-refractivity contribution >= 4 is 28.2 Å². The molecule has 2 rings (SSSR count). The molecule has 0 fully saturated rings. The molecule has 4 N–H and O–H groups in total. The highest BCUT2D eigenvalue weighted by atomic mass is 32.1. The van der Waals surface area contributed by atoms with Crippen LogP contribution in [0.3, 0.4) is 0 Å². The van der Waals surface area contributed by atoms with E-state index in [1.165, 1.54) is 11.3 Å². The van der Waals surface area contributed by atoms with Crippen LogP contribution in [-0.2, 0) is 6.54 Å². The molecule has 2 heterocycles. The fraction of sp³-hybridized carbons (Fsp3) is 0.308. The summed E-state index contributed by atoms with van der Waals surface area (Å²) in [4.78, 5) is 20.9. The number of thiazole rings is 1. The lowest BCUT2D eigenvalue weighted by atomic mass is 10.3. The number of carbonyl (C=O) groups excluding carboxylic acids is 1. The van der Waals surface area contributed by atoms with Gasteiger partial charge in [0.15, 0.2) is 5.13 Å². The van der Waals surface area contributed by atoms with Gasteiger partial charge < -0.3 is 16.4 Å². The van der Waals surface area contributed by atoms with E-state index in [0.29, 0.717) is 16.6 Å². The zero-order valence-corrected chi connectivity index (χ0v) is 12.3. The summed E-state index contributed by atoms with van der Waals surface area (Å²) in [6.07, 6.45) is 0. The molecule has 0 radical (unpaired) electrons. The van der Waals surface area contributed by atoms with Crippen molar-refractivity contribution in [1.82, 2.24) is 15.3 Å². The van der Waals surface area contributed by atoms with Gasteiger partial charge in [-0.2, -0.15) is 0 Å². The summed E-state index contributed by atoms with van der Waals surface area (Å²) in [5.41, 5.74) is 7.48. The number of carbonyl (C=O) groups is 1. The highest BCUT2D eigenvalue weighted by molar-refractivity contribution is 7.18. The van der Waals surface area contributed by atoms with Crippen molar-refractivity contribution in [3.05, 3.63) is 34.5 Å². The summed E-state index contributed by atoms with van der Waals surface area (Å²) in [7, 11) is 0. The highest BCUT2D eigenvalue weighted by Gasteiger charge is 2.15. The molecular formula is C13H17N5OS. The molecule has 2 aromatic rings. The molecule has 0 aromatic carbocycles. The summed E-state index contributed by atoms with van der Waals surface area (Å²) < 4.78 is 0. The molecule has 2 aromatic heterocycles. The summed E-state index contributed by atoms with van der Waals surface area (Å²) in [5.74, 6) is 0.0214. The van der Waals surface area contributed by atoms with Crippen molar-refractivity contribution in [2.75, 3.05) is 17.6 Å². The Balaban J connectivity index is 2.01. The molecule has 0 saturated carbocycles. The van der Waals surface area contributed by atoms with Crippen LogP contribution in [0.5, 0.6) is 0 Å². The number of nitrogens with two attached hydrogens (primary N) is 1. The van der Waals surface area contributed by atoms with Crippen LogP contribution in [0.1, 0.15) is 28.0 Å². The Morgan fingerprint density at radius 1 is 1.40 bits per heavy atom. The van der Waals surface area contributed by atoms with Crippen molar-refractivity contribution in [3.8, 4) is 0 Å². The minimum atomic E-state index is -0.229. The van der Waals surface area contributed by atoms with E-state index >= 15 is 0 Å². The van der Waals surface area contributed by atoms with Gasteiger partial charge in [-0.25, -0.2) is 4.98 Å². The van der Waals surface area contributed by atoms with E-state index in [1.807, 2.05) is 32.0 Å². The van der Waals surface area contributed by atoms with Crippen molar-refractivity contribution in [2.45, 2.75) is 20.4 Å². The summed E-state index contributed by atoms with van der Waals surface area (Å²) in [5, 5.41) is 6.50. The molecule has 20 heavy (non-hydrogen) atoms. The maximum absolute atomic E-state index is 12.1. The molecule has 1 amide bonds. The van der Waals surface area contributed by atoms with E-state index in [-0.39, 0.29) is 11.7 Å². The number of hydrogen-bond acceptors (Lipinski definition) is 6. The van der Waals surface area contributed by atoms with Crippen LogP contribution >= 0.6 is 11.3 Å². The van der Waals surface area contributed by atoms with Gasteiger partial charge in [-0.15, -0.1) is 0 Å². The Labute approximate surface area is 121 Å². The number of nitrogens with zero attached hydrogens (tertiary/aromatic N) is 2. The van der Waals surface area contributed by atoms with Gasteiger partial charge in [0, 0.05) is 12.2 Å². The molecule has 0 atom stereocenters. The number of amides is 1. The monoisotopic (exact) mass is 291 g/mol. The maximum Gasteiger partial charge on any atom is 0.265 e. The molecule has 7 heteroatoms. The van der Waals surface area contributed by atoms with Gasteiger partial charge in [-0.3, -0.25) is 9.78 Å².